The van der Waals surface area contributed by atoms with E-state index in [9.17, 15) is 4.79 Å². The Kier molecular flexibility index (Phi) is 4.65. The van der Waals surface area contributed by atoms with Gasteiger partial charge in [-0.05, 0) is 5.92 Å². The first-order valence-corrected chi connectivity index (χ1v) is 6.57. The number of hydrogen-bond donors (Lipinski definition) is 2. The van der Waals surface area contributed by atoms with Crippen molar-refractivity contribution in [2.24, 2.45) is 5.92 Å². The second-order valence-electron chi connectivity index (χ2n) is 5.28. The smallest absolute Gasteiger partial charge is 0.263 e. The number of carbonyl (C=O) groups excluding carboxylic acids is 1. The molecule has 0 spiro atoms. The summed E-state index contributed by atoms with van der Waals surface area (Å²) in [7, 11) is 0. The largest absolute Gasteiger partial charge is 0.396 e. The first-order valence-electron chi connectivity index (χ1n) is 5.69. The summed E-state index contributed by atoms with van der Waals surface area (Å²) in [5, 5.41) is 11.7. The Morgan fingerprint density at radius 2 is 2.24 bits per heavy atom. The van der Waals surface area contributed by atoms with Crippen LogP contribution >= 0.6 is 11.3 Å². The second-order valence-corrected chi connectivity index (χ2v) is 6.13. The normalized spacial score (nSPS) is 13.5. The number of rotatable bonds is 4. The highest BCUT2D eigenvalue weighted by molar-refractivity contribution is 7.11. The molecule has 1 unspecified atom stereocenters. The van der Waals surface area contributed by atoms with Crippen molar-refractivity contribution in [2.75, 3.05) is 13.2 Å². The number of amides is 1. The summed E-state index contributed by atoms with van der Waals surface area (Å²) in [5.41, 5.74) is 2.40. The quantitative estimate of drug-likeness (QED) is 0.863. The third kappa shape index (κ3) is 3.78. The molecule has 2 N–H and O–H groups in total. The molecule has 0 saturated heterocycles. The highest BCUT2D eigenvalue weighted by atomic mass is 32.1. The zero-order valence-corrected chi connectivity index (χ0v) is 11.6. The van der Waals surface area contributed by atoms with Gasteiger partial charge in [-0.25, -0.2) is 4.98 Å². The van der Waals surface area contributed by atoms with Crippen molar-refractivity contribution >= 4 is 17.2 Å². The summed E-state index contributed by atoms with van der Waals surface area (Å²) in [5.74, 6) is -0.0253. The van der Waals surface area contributed by atoms with Gasteiger partial charge in [0.1, 0.15) is 4.88 Å². The lowest BCUT2D eigenvalue weighted by Gasteiger charge is -2.17. The van der Waals surface area contributed by atoms with Gasteiger partial charge in [-0.15, -0.1) is 11.3 Å². The predicted octanol–water partition coefficient (Wildman–Crippen LogP) is 1.80. The van der Waals surface area contributed by atoms with Crippen molar-refractivity contribution in [1.29, 1.82) is 0 Å². The van der Waals surface area contributed by atoms with E-state index >= 15 is 0 Å². The van der Waals surface area contributed by atoms with Crippen LogP contribution in [-0.4, -0.2) is 29.1 Å². The monoisotopic (exact) mass is 256 g/mol. The molecule has 0 aromatic carbocycles. The van der Waals surface area contributed by atoms with Crippen molar-refractivity contribution in [2.45, 2.75) is 33.1 Å². The van der Waals surface area contributed by atoms with Crippen molar-refractivity contribution in [3.8, 4) is 0 Å². The summed E-state index contributed by atoms with van der Waals surface area (Å²) in [4.78, 5) is 16.9. The van der Waals surface area contributed by atoms with E-state index in [1.54, 1.807) is 5.51 Å². The van der Waals surface area contributed by atoms with E-state index in [1.807, 2.05) is 27.7 Å². The van der Waals surface area contributed by atoms with E-state index in [4.69, 9.17) is 5.11 Å². The van der Waals surface area contributed by atoms with E-state index in [0.717, 1.165) is 5.69 Å². The fourth-order valence-electron chi connectivity index (χ4n) is 1.35. The molecule has 1 aromatic rings. The maximum atomic E-state index is 12.0. The Morgan fingerprint density at radius 1 is 1.59 bits per heavy atom. The van der Waals surface area contributed by atoms with E-state index in [0.29, 0.717) is 11.4 Å². The molecular weight excluding hydrogens is 236 g/mol. The predicted molar refractivity (Wildman–Crippen MR) is 69.4 cm³/mol. The Hall–Kier alpha value is -0.940. The Labute approximate surface area is 106 Å². The lowest BCUT2D eigenvalue weighted by atomic mass is 9.91. The first-order chi connectivity index (χ1) is 7.86. The lowest BCUT2D eigenvalue weighted by molar-refractivity contribution is 0.0944. The molecule has 17 heavy (non-hydrogen) atoms. The standard InChI is InChI=1S/C12H20N2O2S/c1-8(6-15)5-13-11(16)9-10(12(2,3)4)14-7-17-9/h7-8,15H,5-6H2,1-4H3,(H,13,16). The Morgan fingerprint density at radius 3 is 2.76 bits per heavy atom. The number of hydrogen-bond acceptors (Lipinski definition) is 4. The topological polar surface area (TPSA) is 62.2 Å². The molecule has 1 rings (SSSR count). The number of nitrogens with one attached hydrogen (secondary N) is 1. The maximum Gasteiger partial charge on any atom is 0.263 e. The van der Waals surface area contributed by atoms with Crippen LogP contribution in [-0.2, 0) is 5.41 Å². The van der Waals surface area contributed by atoms with Gasteiger partial charge in [0.25, 0.3) is 5.91 Å². The van der Waals surface area contributed by atoms with Crippen LogP contribution < -0.4 is 5.32 Å². The summed E-state index contributed by atoms with van der Waals surface area (Å²) < 4.78 is 0. The van der Waals surface area contributed by atoms with Gasteiger partial charge in [0.2, 0.25) is 0 Å². The van der Waals surface area contributed by atoms with E-state index in [2.05, 4.69) is 10.3 Å². The molecule has 0 fully saturated rings. The molecule has 1 heterocycles. The molecule has 1 atom stereocenters. The van der Waals surface area contributed by atoms with Gasteiger partial charge >= 0.3 is 0 Å². The van der Waals surface area contributed by atoms with Gasteiger partial charge in [-0.2, -0.15) is 0 Å². The molecule has 0 bridgehead atoms. The summed E-state index contributed by atoms with van der Waals surface area (Å²) in [6, 6.07) is 0. The molecule has 96 valence electrons. The Bertz CT molecular complexity index is 382. The molecule has 0 aliphatic heterocycles. The van der Waals surface area contributed by atoms with Crippen LogP contribution in [0.2, 0.25) is 0 Å². The zero-order chi connectivity index (χ0) is 13.1. The zero-order valence-electron chi connectivity index (χ0n) is 10.8. The average molecular weight is 256 g/mol. The van der Waals surface area contributed by atoms with E-state index in [1.165, 1.54) is 11.3 Å². The fraction of sp³-hybridized carbons (Fsp3) is 0.667. The van der Waals surface area contributed by atoms with Crippen LogP contribution in [0.25, 0.3) is 0 Å². The average Bonchev–Trinajstić information content (AvgIpc) is 2.73. The van der Waals surface area contributed by atoms with E-state index < -0.39 is 0 Å². The number of thiazole rings is 1. The molecule has 0 aliphatic carbocycles. The van der Waals surface area contributed by atoms with Crippen molar-refractivity contribution in [1.82, 2.24) is 10.3 Å². The van der Waals surface area contributed by atoms with E-state index in [-0.39, 0.29) is 23.8 Å². The summed E-state index contributed by atoms with van der Waals surface area (Å²) in [6.45, 7) is 8.56. The Balaban J connectivity index is 2.73. The van der Waals surface area contributed by atoms with Crippen molar-refractivity contribution in [3.05, 3.63) is 16.1 Å². The SMILES string of the molecule is CC(CO)CNC(=O)c1scnc1C(C)(C)C. The minimum absolute atomic E-state index is 0.0740. The molecule has 1 amide bonds. The highest BCUT2D eigenvalue weighted by Gasteiger charge is 2.24. The third-order valence-electron chi connectivity index (χ3n) is 2.41. The first kappa shape index (κ1) is 14.1. The van der Waals surface area contributed by atoms with Gasteiger partial charge in [0.15, 0.2) is 0 Å². The van der Waals surface area contributed by atoms with Crippen LogP contribution in [0.15, 0.2) is 5.51 Å². The number of aromatic nitrogens is 1. The highest BCUT2D eigenvalue weighted by Crippen LogP contribution is 2.26. The van der Waals surface area contributed by atoms with Crippen molar-refractivity contribution < 1.29 is 9.90 Å². The van der Waals surface area contributed by atoms with Crippen LogP contribution in [0.4, 0.5) is 0 Å². The fourth-order valence-corrected chi connectivity index (χ4v) is 2.27. The lowest BCUT2D eigenvalue weighted by Crippen LogP contribution is -2.30. The number of carbonyl (C=O) groups is 1. The molecule has 0 saturated carbocycles. The molecule has 0 radical (unpaired) electrons. The van der Waals surface area contributed by atoms with Crippen LogP contribution in [0.5, 0.6) is 0 Å². The number of aliphatic hydroxyl groups excluding tert-OH is 1. The van der Waals surface area contributed by atoms with Crippen molar-refractivity contribution in [3.63, 3.8) is 0 Å². The molecule has 1 aromatic heterocycles. The summed E-state index contributed by atoms with van der Waals surface area (Å²) >= 11 is 1.36. The molecule has 0 aliphatic rings. The third-order valence-corrected chi connectivity index (χ3v) is 3.23. The van der Waals surface area contributed by atoms with Crippen LogP contribution in [0, 0.1) is 5.92 Å². The second kappa shape index (κ2) is 5.60. The molecular formula is C12H20N2O2S. The number of aliphatic hydroxyl groups is 1. The summed E-state index contributed by atoms with van der Waals surface area (Å²) in [6.07, 6.45) is 0. The number of nitrogens with zero attached hydrogens (tertiary/aromatic N) is 1. The van der Waals surface area contributed by atoms with Gasteiger partial charge in [0.05, 0.1) is 11.2 Å². The van der Waals surface area contributed by atoms with Gasteiger partial charge in [0, 0.05) is 18.6 Å². The molecule has 5 heteroatoms. The minimum Gasteiger partial charge on any atom is -0.396 e. The minimum atomic E-state index is -0.130. The van der Waals surface area contributed by atoms with Gasteiger partial charge < -0.3 is 10.4 Å². The van der Waals surface area contributed by atoms with Crippen LogP contribution in [0.1, 0.15) is 43.1 Å². The molecule has 4 nitrogen and oxygen atoms in total. The van der Waals surface area contributed by atoms with Gasteiger partial charge in [-0.1, -0.05) is 27.7 Å². The van der Waals surface area contributed by atoms with Crippen LogP contribution in [0.3, 0.4) is 0 Å². The maximum absolute atomic E-state index is 12.0. The van der Waals surface area contributed by atoms with Gasteiger partial charge in [-0.3, -0.25) is 4.79 Å².